The Morgan fingerprint density at radius 2 is 1.93 bits per heavy atom. The molecule has 2 aromatic heterocycles. The number of amides is 1. The molecular formula is C21H16BrN3OS. The quantitative estimate of drug-likeness (QED) is 0.335. The molecule has 1 amide bonds. The number of thiophene rings is 1. The van der Waals surface area contributed by atoms with Crippen LogP contribution in [0.2, 0.25) is 0 Å². The van der Waals surface area contributed by atoms with E-state index in [2.05, 4.69) is 61.5 Å². The summed E-state index contributed by atoms with van der Waals surface area (Å²) in [5.41, 5.74) is 5.90. The average molecular weight is 438 g/mol. The normalized spacial score (nSPS) is 11.3. The Morgan fingerprint density at radius 3 is 2.70 bits per heavy atom. The molecule has 2 heterocycles. The molecule has 0 aliphatic heterocycles. The van der Waals surface area contributed by atoms with Crippen LogP contribution in [-0.4, -0.2) is 16.7 Å². The van der Waals surface area contributed by atoms with Gasteiger partial charge in [-0.3, -0.25) is 4.79 Å². The highest BCUT2D eigenvalue weighted by Crippen LogP contribution is 2.22. The molecule has 4 rings (SSSR count). The highest BCUT2D eigenvalue weighted by Gasteiger charge is 2.08. The molecule has 27 heavy (non-hydrogen) atoms. The number of fused-ring (bicyclic) bond motifs is 1. The summed E-state index contributed by atoms with van der Waals surface area (Å²) in [5, 5.41) is 7.11. The lowest BCUT2D eigenvalue weighted by atomic mass is 10.2. The van der Waals surface area contributed by atoms with E-state index in [0.717, 1.165) is 27.5 Å². The first-order chi connectivity index (χ1) is 13.2. The lowest BCUT2D eigenvalue weighted by Gasteiger charge is -2.05. The van der Waals surface area contributed by atoms with Crippen molar-refractivity contribution >= 4 is 50.3 Å². The van der Waals surface area contributed by atoms with Gasteiger partial charge in [0.25, 0.3) is 5.91 Å². The Balaban J connectivity index is 1.58. The second kappa shape index (κ2) is 7.90. The van der Waals surface area contributed by atoms with Gasteiger partial charge in [0, 0.05) is 33.7 Å². The fourth-order valence-corrected chi connectivity index (χ4v) is 3.80. The highest BCUT2D eigenvalue weighted by molar-refractivity contribution is 9.10. The zero-order chi connectivity index (χ0) is 18.6. The fraction of sp³-hybridized carbons (Fsp3) is 0.0476. The maximum Gasteiger partial charge on any atom is 0.281 e. The minimum absolute atomic E-state index is 0.195. The van der Waals surface area contributed by atoms with Crippen molar-refractivity contribution in [2.75, 3.05) is 0 Å². The summed E-state index contributed by atoms with van der Waals surface area (Å²) < 4.78 is 3.26. The number of nitrogens with zero attached hydrogens (tertiary/aromatic N) is 2. The summed E-state index contributed by atoms with van der Waals surface area (Å²) in [6.07, 6.45) is 3.76. The van der Waals surface area contributed by atoms with Gasteiger partial charge < -0.3 is 4.57 Å². The van der Waals surface area contributed by atoms with E-state index in [1.165, 1.54) is 16.9 Å². The number of carbonyl (C=O) groups excluding carboxylic acids is 1. The molecule has 0 spiro atoms. The lowest BCUT2D eigenvalue weighted by molar-refractivity contribution is 0.0959. The second-order valence-corrected chi connectivity index (χ2v) is 7.90. The largest absolute Gasteiger partial charge is 0.342 e. The zero-order valence-electron chi connectivity index (χ0n) is 14.3. The van der Waals surface area contributed by atoms with Gasteiger partial charge in [0.15, 0.2) is 0 Å². The Kier molecular flexibility index (Phi) is 5.18. The Bertz CT molecular complexity index is 1100. The molecule has 0 fully saturated rings. The third-order valence-corrected chi connectivity index (χ3v) is 5.60. The van der Waals surface area contributed by atoms with Gasteiger partial charge in [-0.05, 0) is 35.2 Å². The van der Waals surface area contributed by atoms with Gasteiger partial charge >= 0.3 is 0 Å². The first-order valence-electron chi connectivity index (χ1n) is 8.40. The van der Waals surface area contributed by atoms with Crippen LogP contribution < -0.4 is 5.43 Å². The molecule has 1 N–H and O–H groups in total. The smallest absolute Gasteiger partial charge is 0.281 e. The van der Waals surface area contributed by atoms with Crippen LogP contribution in [0.5, 0.6) is 0 Å². The Labute approximate surface area is 169 Å². The topological polar surface area (TPSA) is 46.4 Å². The number of nitrogens with one attached hydrogen (secondary N) is 1. The van der Waals surface area contributed by atoms with E-state index >= 15 is 0 Å². The van der Waals surface area contributed by atoms with Gasteiger partial charge in [-0.1, -0.05) is 52.3 Å². The number of rotatable bonds is 5. The third-order valence-electron chi connectivity index (χ3n) is 4.20. The summed E-state index contributed by atoms with van der Waals surface area (Å²) in [5.74, 6) is -0.195. The number of carbonyl (C=O) groups is 1. The van der Waals surface area contributed by atoms with E-state index in [-0.39, 0.29) is 5.91 Å². The fourth-order valence-electron chi connectivity index (χ4n) is 2.92. The van der Waals surface area contributed by atoms with E-state index in [1.807, 2.05) is 35.7 Å². The Hall–Kier alpha value is -2.70. The molecule has 134 valence electrons. The van der Waals surface area contributed by atoms with Crippen LogP contribution >= 0.6 is 27.3 Å². The van der Waals surface area contributed by atoms with Crippen LogP contribution in [0, 0.1) is 0 Å². The summed E-state index contributed by atoms with van der Waals surface area (Å²) >= 11 is 4.86. The monoisotopic (exact) mass is 437 g/mol. The van der Waals surface area contributed by atoms with Crippen LogP contribution in [-0.2, 0) is 6.54 Å². The molecule has 6 heteroatoms. The van der Waals surface area contributed by atoms with E-state index < -0.39 is 0 Å². The van der Waals surface area contributed by atoms with Gasteiger partial charge in [-0.25, -0.2) is 5.43 Å². The van der Waals surface area contributed by atoms with Crippen LogP contribution in [0.1, 0.15) is 20.8 Å². The SMILES string of the molecule is O=C(NN=Cc1cn(Cc2ccc(Br)cc2)c2ccccc12)c1cccs1. The molecule has 0 aliphatic rings. The van der Waals surface area contributed by atoms with Gasteiger partial charge in [-0.15, -0.1) is 11.3 Å². The van der Waals surface area contributed by atoms with Crippen molar-refractivity contribution in [3.63, 3.8) is 0 Å². The van der Waals surface area contributed by atoms with Gasteiger partial charge in [0.2, 0.25) is 0 Å². The molecule has 4 aromatic rings. The van der Waals surface area contributed by atoms with Crippen LogP contribution in [0.4, 0.5) is 0 Å². The molecule has 0 saturated carbocycles. The van der Waals surface area contributed by atoms with E-state index in [9.17, 15) is 4.79 Å². The summed E-state index contributed by atoms with van der Waals surface area (Å²) in [7, 11) is 0. The molecule has 0 radical (unpaired) electrons. The number of aromatic nitrogens is 1. The predicted molar refractivity (Wildman–Crippen MR) is 115 cm³/mol. The molecule has 4 nitrogen and oxygen atoms in total. The van der Waals surface area contributed by atoms with E-state index in [4.69, 9.17) is 0 Å². The minimum Gasteiger partial charge on any atom is -0.342 e. The summed E-state index contributed by atoms with van der Waals surface area (Å²) in [6.45, 7) is 0.767. The number of hydrazone groups is 1. The molecule has 0 atom stereocenters. The number of benzene rings is 2. The van der Waals surface area contributed by atoms with E-state index in [1.54, 1.807) is 12.3 Å². The average Bonchev–Trinajstić information content (AvgIpc) is 3.33. The van der Waals surface area contributed by atoms with Crippen molar-refractivity contribution in [3.05, 3.63) is 92.7 Å². The molecule has 0 saturated heterocycles. The Morgan fingerprint density at radius 1 is 1.11 bits per heavy atom. The third kappa shape index (κ3) is 4.02. The van der Waals surface area contributed by atoms with Crippen molar-refractivity contribution in [1.82, 2.24) is 9.99 Å². The van der Waals surface area contributed by atoms with Crippen LogP contribution in [0.25, 0.3) is 10.9 Å². The van der Waals surface area contributed by atoms with Gasteiger partial charge in [-0.2, -0.15) is 5.10 Å². The molecule has 0 bridgehead atoms. The van der Waals surface area contributed by atoms with Crippen molar-refractivity contribution in [2.45, 2.75) is 6.54 Å². The standard InChI is InChI=1S/C21H16BrN3OS/c22-17-9-7-15(8-10-17)13-25-14-16(18-4-1-2-5-19(18)25)12-23-24-21(26)20-6-3-11-27-20/h1-12,14H,13H2,(H,24,26). The van der Waals surface area contributed by atoms with Gasteiger partial charge in [0.1, 0.15) is 0 Å². The minimum atomic E-state index is -0.195. The first-order valence-corrected chi connectivity index (χ1v) is 10.1. The van der Waals surface area contributed by atoms with Crippen molar-refractivity contribution in [2.24, 2.45) is 5.10 Å². The number of halogens is 1. The van der Waals surface area contributed by atoms with Crippen LogP contribution in [0.3, 0.4) is 0 Å². The summed E-state index contributed by atoms with van der Waals surface area (Å²) in [6, 6.07) is 20.1. The number of para-hydroxylation sites is 1. The highest BCUT2D eigenvalue weighted by atomic mass is 79.9. The number of hydrogen-bond donors (Lipinski definition) is 1. The molecule has 2 aromatic carbocycles. The van der Waals surface area contributed by atoms with E-state index in [0.29, 0.717) is 4.88 Å². The van der Waals surface area contributed by atoms with Crippen molar-refractivity contribution in [1.29, 1.82) is 0 Å². The maximum absolute atomic E-state index is 12.0. The maximum atomic E-state index is 12.0. The molecule has 0 aliphatic carbocycles. The first kappa shape index (κ1) is 17.7. The van der Waals surface area contributed by atoms with Crippen molar-refractivity contribution < 1.29 is 4.79 Å². The molecular weight excluding hydrogens is 422 g/mol. The van der Waals surface area contributed by atoms with Crippen LogP contribution in [0.15, 0.2) is 81.8 Å². The second-order valence-electron chi connectivity index (χ2n) is 6.03. The van der Waals surface area contributed by atoms with Gasteiger partial charge in [0.05, 0.1) is 11.1 Å². The van der Waals surface area contributed by atoms with Crippen molar-refractivity contribution in [3.8, 4) is 0 Å². The predicted octanol–water partition coefficient (Wildman–Crippen LogP) is 5.28. The molecule has 0 unspecified atom stereocenters. The number of hydrogen-bond acceptors (Lipinski definition) is 3. The zero-order valence-corrected chi connectivity index (χ0v) is 16.7. The summed E-state index contributed by atoms with van der Waals surface area (Å²) in [4.78, 5) is 12.7. The lowest BCUT2D eigenvalue weighted by Crippen LogP contribution is -2.16.